The maximum absolute atomic E-state index is 12.1. The van der Waals surface area contributed by atoms with E-state index in [9.17, 15) is 20.0 Å². The first kappa shape index (κ1) is 23.9. The van der Waals surface area contributed by atoms with Crippen molar-refractivity contribution in [1.82, 2.24) is 15.2 Å². The number of fused-ring (bicyclic) bond motifs is 2. The van der Waals surface area contributed by atoms with Crippen LogP contribution < -0.4 is 5.32 Å². The summed E-state index contributed by atoms with van der Waals surface area (Å²) in [6.07, 6.45) is 2.39. The smallest absolute Gasteiger partial charge is 0.270 e. The lowest BCUT2D eigenvalue weighted by Gasteiger charge is -2.17. The number of nitrogens with zero attached hydrogens (tertiary/aromatic N) is 3. The minimum absolute atomic E-state index is 0.0657. The number of nitrogens with one attached hydrogen (secondary N) is 2. The number of nitro groups is 1. The summed E-state index contributed by atoms with van der Waals surface area (Å²) in [5, 5.41) is 26.4. The first-order valence-electron chi connectivity index (χ1n) is 12.7. The van der Waals surface area contributed by atoms with Crippen molar-refractivity contribution < 1.29 is 14.8 Å². The van der Waals surface area contributed by atoms with E-state index in [2.05, 4.69) is 22.4 Å². The number of aromatic amines is 1. The molecule has 3 N–H and O–H groups in total. The number of non-ortho nitro benzene ring substituents is 1. The molecular formula is C29H27N5O4. The van der Waals surface area contributed by atoms with Gasteiger partial charge >= 0.3 is 0 Å². The summed E-state index contributed by atoms with van der Waals surface area (Å²) in [6, 6.07) is 18.3. The number of hydrogen-bond acceptors (Lipinski definition) is 6. The summed E-state index contributed by atoms with van der Waals surface area (Å²) in [7, 11) is 0. The van der Waals surface area contributed by atoms with Crippen molar-refractivity contribution in [1.29, 1.82) is 0 Å². The summed E-state index contributed by atoms with van der Waals surface area (Å²) in [5.41, 5.74) is 6.40. The first-order valence-corrected chi connectivity index (χ1v) is 12.7. The second kappa shape index (κ2) is 9.75. The highest BCUT2D eigenvalue weighted by atomic mass is 16.6. The van der Waals surface area contributed by atoms with Crippen LogP contribution in [0, 0.1) is 10.1 Å². The van der Waals surface area contributed by atoms with Crippen molar-refractivity contribution in [2.45, 2.75) is 32.4 Å². The minimum atomic E-state index is -0.448. The monoisotopic (exact) mass is 509 g/mol. The van der Waals surface area contributed by atoms with Crippen LogP contribution in [0.2, 0.25) is 0 Å². The van der Waals surface area contributed by atoms with Crippen LogP contribution in [0.3, 0.4) is 0 Å². The zero-order chi connectivity index (χ0) is 26.2. The molecule has 3 heterocycles. The molecule has 0 unspecified atom stereocenters. The van der Waals surface area contributed by atoms with E-state index in [0.29, 0.717) is 35.1 Å². The van der Waals surface area contributed by atoms with Gasteiger partial charge < -0.3 is 20.3 Å². The van der Waals surface area contributed by atoms with E-state index in [-0.39, 0.29) is 17.5 Å². The predicted molar refractivity (Wildman–Crippen MR) is 145 cm³/mol. The Balaban J connectivity index is 1.46. The van der Waals surface area contributed by atoms with Crippen molar-refractivity contribution in [3.63, 3.8) is 0 Å². The number of carbonyl (C=O) groups is 1. The Kier molecular flexibility index (Phi) is 6.13. The molecule has 0 radical (unpaired) electrons. The Morgan fingerprint density at radius 3 is 2.66 bits per heavy atom. The molecule has 9 nitrogen and oxygen atoms in total. The van der Waals surface area contributed by atoms with Gasteiger partial charge in [0.15, 0.2) is 5.88 Å². The van der Waals surface area contributed by atoms with Gasteiger partial charge in [-0.2, -0.15) is 0 Å². The topological polar surface area (TPSA) is 124 Å². The lowest BCUT2D eigenvalue weighted by molar-refractivity contribution is -0.384. The van der Waals surface area contributed by atoms with E-state index in [0.717, 1.165) is 49.3 Å². The molecule has 2 aliphatic heterocycles. The Bertz CT molecular complexity index is 1590. The number of H-pyrrole nitrogens is 1. The normalized spacial score (nSPS) is 15.7. The number of amides is 1. The van der Waals surface area contributed by atoms with Crippen LogP contribution in [-0.2, 0) is 24.3 Å². The fraction of sp³-hybridized carbons (Fsp3) is 0.241. The fourth-order valence-corrected chi connectivity index (χ4v) is 5.31. The van der Waals surface area contributed by atoms with Gasteiger partial charge in [0, 0.05) is 54.7 Å². The molecule has 0 atom stereocenters. The number of aromatic hydroxyl groups is 1. The quantitative estimate of drug-likeness (QED) is 0.197. The molecule has 0 spiro atoms. The van der Waals surface area contributed by atoms with Crippen LogP contribution in [0.15, 0.2) is 65.7 Å². The Morgan fingerprint density at radius 2 is 1.89 bits per heavy atom. The lowest BCUT2D eigenvalue weighted by atomic mass is 9.98. The average molecular weight is 510 g/mol. The van der Waals surface area contributed by atoms with Gasteiger partial charge in [0.2, 0.25) is 5.91 Å². The van der Waals surface area contributed by atoms with Gasteiger partial charge in [-0.15, -0.1) is 0 Å². The second-order valence-corrected chi connectivity index (χ2v) is 9.79. The highest BCUT2D eigenvalue weighted by Crippen LogP contribution is 2.34. The van der Waals surface area contributed by atoms with Crippen LogP contribution in [0.4, 0.5) is 11.4 Å². The number of hydrogen-bond donors (Lipinski definition) is 3. The number of nitro benzene ring substituents is 1. The standard InChI is InChI=1S/C29H27N5O4/c35-26-2-1-13-33(26)17-18-3-5-19(6-4-18)28(31-22-8-7-21-16-30-12-11-20(21)14-22)27-24-15-23(34(37)38)9-10-25(24)32-29(27)36/h3-10,14-15,30,32,36H,1-2,11-13,16-17H2. The highest BCUT2D eigenvalue weighted by molar-refractivity contribution is 6.22. The Hall–Kier alpha value is -4.50. The van der Waals surface area contributed by atoms with Crippen molar-refractivity contribution >= 4 is 33.9 Å². The van der Waals surface area contributed by atoms with Gasteiger partial charge in [-0.1, -0.05) is 30.3 Å². The number of likely N-dealkylation sites (tertiary alicyclic amines) is 1. The van der Waals surface area contributed by atoms with Crippen LogP contribution in [0.1, 0.15) is 40.7 Å². The maximum Gasteiger partial charge on any atom is 0.270 e. The Morgan fingerprint density at radius 1 is 1.05 bits per heavy atom. The summed E-state index contributed by atoms with van der Waals surface area (Å²) in [6.45, 7) is 3.04. The van der Waals surface area contributed by atoms with Gasteiger partial charge in [0.05, 0.1) is 21.9 Å². The molecule has 4 aromatic rings. The van der Waals surface area contributed by atoms with E-state index >= 15 is 0 Å². The van der Waals surface area contributed by atoms with E-state index in [1.807, 2.05) is 35.2 Å². The molecule has 0 bridgehead atoms. The predicted octanol–water partition coefficient (Wildman–Crippen LogP) is 4.72. The molecule has 192 valence electrons. The van der Waals surface area contributed by atoms with Gasteiger partial charge in [-0.25, -0.2) is 4.99 Å². The summed E-state index contributed by atoms with van der Waals surface area (Å²) in [4.78, 5) is 32.9. The molecule has 0 aliphatic carbocycles. The van der Waals surface area contributed by atoms with Crippen molar-refractivity contribution in [3.05, 3.63) is 98.6 Å². The van der Waals surface area contributed by atoms with Gasteiger partial charge in [-0.3, -0.25) is 14.9 Å². The number of aromatic nitrogens is 1. The minimum Gasteiger partial charge on any atom is -0.494 e. The fourth-order valence-electron chi connectivity index (χ4n) is 5.31. The molecule has 3 aromatic carbocycles. The van der Waals surface area contributed by atoms with E-state index < -0.39 is 4.92 Å². The molecule has 1 fully saturated rings. The van der Waals surface area contributed by atoms with E-state index in [4.69, 9.17) is 4.99 Å². The van der Waals surface area contributed by atoms with E-state index in [1.54, 1.807) is 6.07 Å². The van der Waals surface area contributed by atoms with Crippen molar-refractivity contribution in [3.8, 4) is 5.88 Å². The Labute approximate surface area is 219 Å². The molecule has 9 heteroatoms. The maximum atomic E-state index is 12.1. The summed E-state index contributed by atoms with van der Waals surface area (Å²) < 4.78 is 0. The summed E-state index contributed by atoms with van der Waals surface area (Å²) in [5.74, 6) is 0.0670. The van der Waals surface area contributed by atoms with E-state index in [1.165, 1.54) is 23.3 Å². The largest absolute Gasteiger partial charge is 0.494 e. The number of carbonyl (C=O) groups excluding carboxylic acids is 1. The first-order chi connectivity index (χ1) is 18.5. The van der Waals surface area contributed by atoms with Crippen molar-refractivity contribution in [2.75, 3.05) is 13.1 Å². The zero-order valence-electron chi connectivity index (χ0n) is 20.7. The number of aliphatic imine (C=N–C) groups is 1. The van der Waals surface area contributed by atoms with Crippen LogP contribution >= 0.6 is 0 Å². The molecule has 2 aliphatic rings. The molecule has 6 rings (SSSR count). The molecule has 0 saturated carbocycles. The van der Waals surface area contributed by atoms with Gasteiger partial charge in [-0.05, 0) is 54.3 Å². The molecule has 1 amide bonds. The lowest BCUT2D eigenvalue weighted by Crippen LogP contribution is -2.23. The third-order valence-corrected chi connectivity index (χ3v) is 7.30. The third kappa shape index (κ3) is 4.52. The SMILES string of the molecule is O=C1CCCN1Cc1ccc(C(=Nc2ccc3c(c2)CCNC3)c2c(O)[nH]c3ccc([N+](=O)[O-])cc23)cc1. The zero-order valence-corrected chi connectivity index (χ0v) is 20.7. The van der Waals surface area contributed by atoms with Gasteiger partial charge in [0.1, 0.15) is 0 Å². The average Bonchev–Trinajstić information content (AvgIpc) is 3.48. The molecular weight excluding hydrogens is 482 g/mol. The molecule has 1 aromatic heterocycles. The number of rotatable bonds is 6. The molecule has 1 saturated heterocycles. The van der Waals surface area contributed by atoms with Crippen LogP contribution in [0.25, 0.3) is 10.9 Å². The van der Waals surface area contributed by atoms with Crippen LogP contribution in [-0.4, -0.2) is 44.6 Å². The van der Waals surface area contributed by atoms with Crippen LogP contribution in [0.5, 0.6) is 5.88 Å². The second-order valence-electron chi connectivity index (χ2n) is 9.79. The van der Waals surface area contributed by atoms with Crippen molar-refractivity contribution in [2.24, 2.45) is 4.99 Å². The summed E-state index contributed by atoms with van der Waals surface area (Å²) >= 11 is 0. The van der Waals surface area contributed by atoms with Gasteiger partial charge in [0.25, 0.3) is 5.69 Å². The molecule has 38 heavy (non-hydrogen) atoms. The third-order valence-electron chi connectivity index (χ3n) is 7.30. The number of benzene rings is 3. The highest BCUT2D eigenvalue weighted by Gasteiger charge is 2.23.